The van der Waals surface area contributed by atoms with Crippen molar-refractivity contribution in [2.75, 3.05) is 24.7 Å². The molecule has 1 atom stereocenters. The second kappa shape index (κ2) is 8.39. The van der Waals surface area contributed by atoms with Crippen LogP contribution in [0.1, 0.15) is 12.5 Å². The van der Waals surface area contributed by atoms with E-state index < -0.39 is 27.8 Å². The zero-order chi connectivity index (χ0) is 20.2. The van der Waals surface area contributed by atoms with E-state index >= 15 is 0 Å². The minimum Gasteiger partial charge on any atom is -0.497 e. The highest BCUT2D eigenvalue weighted by atomic mass is 32.2. The molecule has 0 radical (unpaired) electrons. The molecular formula is C19H23FN2O4S. The normalized spacial score (nSPS) is 12.3. The van der Waals surface area contributed by atoms with E-state index in [0.29, 0.717) is 5.75 Å². The molecule has 6 nitrogen and oxygen atoms in total. The molecule has 0 aliphatic heterocycles. The maximum absolute atomic E-state index is 14.2. The number of anilines is 1. The van der Waals surface area contributed by atoms with Crippen LogP contribution in [0.4, 0.5) is 10.1 Å². The summed E-state index contributed by atoms with van der Waals surface area (Å²) >= 11 is 0. The second-order valence-electron chi connectivity index (χ2n) is 6.23. The number of nitrogens with zero attached hydrogens (tertiary/aromatic N) is 2. The summed E-state index contributed by atoms with van der Waals surface area (Å²) in [7, 11) is -0.732. The summed E-state index contributed by atoms with van der Waals surface area (Å²) < 4.78 is 44.6. The van der Waals surface area contributed by atoms with Gasteiger partial charge in [0.05, 0.1) is 19.1 Å². The molecule has 2 rings (SSSR count). The molecule has 1 unspecified atom stereocenters. The number of methoxy groups -OCH3 is 1. The maximum Gasteiger partial charge on any atom is 0.246 e. The van der Waals surface area contributed by atoms with Gasteiger partial charge in [-0.3, -0.25) is 9.10 Å². The fourth-order valence-electron chi connectivity index (χ4n) is 2.81. The molecule has 0 fully saturated rings. The van der Waals surface area contributed by atoms with Crippen LogP contribution >= 0.6 is 0 Å². The molecule has 2 aromatic rings. The van der Waals surface area contributed by atoms with Crippen LogP contribution in [0.3, 0.4) is 0 Å². The lowest BCUT2D eigenvalue weighted by Crippen LogP contribution is -2.48. The predicted octanol–water partition coefficient (Wildman–Crippen LogP) is 2.65. The smallest absolute Gasteiger partial charge is 0.246 e. The van der Waals surface area contributed by atoms with Gasteiger partial charge < -0.3 is 9.64 Å². The minimum atomic E-state index is -3.87. The summed E-state index contributed by atoms with van der Waals surface area (Å²) in [5, 5.41) is 0. The Morgan fingerprint density at radius 1 is 1.15 bits per heavy atom. The molecule has 0 saturated heterocycles. The number of carbonyl (C=O) groups excluding carboxylic acids is 1. The molecule has 1 amide bonds. The average Bonchev–Trinajstić information content (AvgIpc) is 2.62. The Balaban J connectivity index is 2.24. The number of amides is 1. The SMILES string of the molecule is COc1ccc(CN(C)C(=O)C(C)N(c2ccccc2F)S(C)(=O)=O)cc1. The summed E-state index contributed by atoms with van der Waals surface area (Å²) in [4.78, 5) is 14.2. The number of sulfonamides is 1. The molecule has 0 heterocycles. The lowest BCUT2D eigenvalue weighted by molar-refractivity contribution is -0.131. The summed E-state index contributed by atoms with van der Waals surface area (Å²) in [6, 6.07) is 11.6. The van der Waals surface area contributed by atoms with E-state index in [-0.39, 0.29) is 12.2 Å². The third kappa shape index (κ3) is 4.97. The van der Waals surface area contributed by atoms with E-state index in [1.54, 1.807) is 26.3 Å². The third-order valence-corrected chi connectivity index (χ3v) is 5.34. The summed E-state index contributed by atoms with van der Waals surface area (Å²) in [6.45, 7) is 1.72. The number of para-hydroxylation sites is 1. The Morgan fingerprint density at radius 3 is 2.26 bits per heavy atom. The third-order valence-electron chi connectivity index (χ3n) is 4.11. The quantitative estimate of drug-likeness (QED) is 0.724. The first-order chi connectivity index (χ1) is 12.6. The molecule has 8 heteroatoms. The van der Waals surface area contributed by atoms with Gasteiger partial charge in [-0.1, -0.05) is 24.3 Å². The Morgan fingerprint density at radius 2 is 1.74 bits per heavy atom. The van der Waals surface area contributed by atoms with Gasteiger partial charge in [0.25, 0.3) is 0 Å². The van der Waals surface area contributed by atoms with Gasteiger partial charge in [-0.25, -0.2) is 12.8 Å². The van der Waals surface area contributed by atoms with Gasteiger partial charge in [0.15, 0.2) is 0 Å². The fraction of sp³-hybridized carbons (Fsp3) is 0.316. The van der Waals surface area contributed by atoms with E-state index in [0.717, 1.165) is 22.2 Å². The molecule has 2 aromatic carbocycles. The van der Waals surface area contributed by atoms with Crippen molar-refractivity contribution >= 4 is 21.6 Å². The highest BCUT2D eigenvalue weighted by Crippen LogP contribution is 2.25. The number of halogens is 1. The standard InChI is InChI=1S/C19H23FN2O4S/c1-14(22(27(4,24)25)18-8-6-5-7-17(18)20)19(23)21(2)13-15-9-11-16(26-3)12-10-15/h5-12,14H,13H2,1-4H3. The molecule has 0 N–H and O–H groups in total. The van der Waals surface area contributed by atoms with Crippen molar-refractivity contribution in [1.29, 1.82) is 0 Å². The average molecular weight is 394 g/mol. The van der Waals surface area contributed by atoms with Crippen molar-refractivity contribution in [2.24, 2.45) is 0 Å². The van der Waals surface area contributed by atoms with Crippen molar-refractivity contribution in [3.8, 4) is 5.75 Å². The van der Waals surface area contributed by atoms with Crippen LogP contribution in [0.25, 0.3) is 0 Å². The maximum atomic E-state index is 14.2. The van der Waals surface area contributed by atoms with E-state index in [1.807, 2.05) is 12.1 Å². The van der Waals surface area contributed by atoms with E-state index in [9.17, 15) is 17.6 Å². The Kier molecular flexibility index (Phi) is 6.43. The van der Waals surface area contributed by atoms with Gasteiger partial charge in [-0.05, 0) is 36.8 Å². The van der Waals surface area contributed by atoms with Crippen LogP contribution in [0.2, 0.25) is 0 Å². The molecule has 0 saturated carbocycles. The first-order valence-electron chi connectivity index (χ1n) is 8.27. The second-order valence-corrected chi connectivity index (χ2v) is 8.09. The highest BCUT2D eigenvalue weighted by molar-refractivity contribution is 7.92. The van der Waals surface area contributed by atoms with Crippen molar-refractivity contribution in [2.45, 2.75) is 19.5 Å². The molecular weight excluding hydrogens is 371 g/mol. The Hall–Kier alpha value is -2.61. The number of carbonyl (C=O) groups is 1. The van der Waals surface area contributed by atoms with Crippen molar-refractivity contribution in [1.82, 2.24) is 4.90 Å². The van der Waals surface area contributed by atoms with E-state index in [4.69, 9.17) is 4.74 Å². The van der Waals surface area contributed by atoms with Crippen LogP contribution in [-0.2, 0) is 21.4 Å². The first-order valence-corrected chi connectivity index (χ1v) is 10.1. The molecule has 0 aliphatic carbocycles. The summed E-state index contributed by atoms with van der Waals surface area (Å²) in [5.41, 5.74) is 0.703. The highest BCUT2D eigenvalue weighted by Gasteiger charge is 2.32. The number of hydrogen-bond acceptors (Lipinski definition) is 4. The number of benzene rings is 2. The zero-order valence-corrected chi connectivity index (χ0v) is 16.5. The topological polar surface area (TPSA) is 66.9 Å². The van der Waals surface area contributed by atoms with Gasteiger partial charge in [0.1, 0.15) is 17.6 Å². The zero-order valence-electron chi connectivity index (χ0n) is 15.7. The van der Waals surface area contributed by atoms with Crippen LogP contribution in [0.15, 0.2) is 48.5 Å². The van der Waals surface area contributed by atoms with E-state index in [2.05, 4.69) is 0 Å². The van der Waals surface area contributed by atoms with Crippen molar-refractivity contribution in [3.05, 3.63) is 59.9 Å². The van der Waals surface area contributed by atoms with Crippen LogP contribution in [0.5, 0.6) is 5.75 Å². The number of hydrogen-bond donors (Lipinski definition) is 0. The van der Waals surface area contributed by atoms with Crippen molar-refractivity contribution in [3.63, 3.8) is 0 Å². The molecule has 27 heavy (non-hydrogen) atoms. The molecule has 0 aromatic heterocycles. The number of likely N-dealkylation sites (N-methyl/N-ethyl adjacent to an activating group) is 1. The number of rotatable bonds is 7. The van der Waals surface area contributed by atoms with Crippen LogP contribution in [0, 0.1) is 5.82 Å². The lowest BCUT2D eigenvalue weighted by Gasteiger charge is -2.31. The van der Waals surface area contributed by atoms with Gasteiger partial charge in [0, 0.05) is 13.6 Å². The lowest BCUT2D eigenvalue weighted by atomic mass is 10.2. The summed E-state index contributed by atoms with van der Waals surface area (Å²) in [5.74, 6) is -0.455. The molecule has 146 valence electrons. The minimum absolute atomic E-state index is 0.154. The number of ether oxygens (including phenoxy) is 1. The largest absolute Gasteiger partial charge is 0.497 e. The van der Waals surface area contributed by atoms with Crippen LogP contribution in [-0.4, -0.2) is 45.7 Å². The van der Waals surface area contributed by atoms with Gasteiger partial charge in [-0.2, -0.15) is 0 Å². The molecule has 0 spiro atoms. The molecule has 0 aliphatic rings. The summed E-state index contributed by atoms with van der Waals surface area (Å²) in [6.07, 6.45) is 0.951. The van der Waals surface area contributed by atoms with Gasteiger partial charge >= 0.3 is 0 Å². The monoisotopic (exact) mass is 394 g/mol. The Bertz CT molecular complexity index is 900. The van der Waals surface area contributed by atoms with Gasteiger partial charge in [-0.15, -0.1) is 0 Å². The van der Waals surface area contributed by atoms with Crippen LogP contribution < -0.4 is 9.04 Å². The molecule has 0 bridgehead atoms. The first kappa shape index (κ1) is 20.7. The van der Waals surface area contributed by atoms with Crippen molar-refractivity contribution < 1.29 is 22.3 Å². The fourth-order valence-corrected chi connectivity index (χ4v) is 3.98. The van der Waals surface area contributed by atoms with Gasteiger partial charge in [0.2, 0.25) is 15.9 Å². The Labute approximate surface area is 159 Å². The predicted molar refractivity (Wildman–Crippen MR) is 103 cm³/mol. The van der Waals surface area contributed by atoms with E-state index in [1.165, 1.54) is 30.0 Å².